The molecule has 5 nitrogen and oxygen atoms in total. The van der Waals surface area contributed by atoms with Gasteiger partial charge in [0.05, 0.1) is 12.1 Å². The van der Waals surface area contributed by atoms with Crippen LogP contribution in [0.5, 0.6) is 0 Å². The number of nitrogens with zero attached hydrogens (tertiary/aromatic N) is 1. The number of nitrogens with one attached hydrogen (secondary N) is 1. The summed E-state index contributed by atoms with van der Waals surface area (Å²) in [4.78, 5) is 26.2. The first-order valence-electron chi connectivity index (χ1n) is 5.28. The van der Waals surface area contributed by atoms with Gasteiger partial charge < -0.3 is 5.11 Å². The number of carboxylic acids is 1. The van der Waals surface area contributed by atoms with E-state index in [-0.39, 0.29) is 6.42 Å². The molecule has 1 aromatic heterocycles. The lowest BCUT2D eigenvalue weighted by atomic mass is 10.2. The minimum Gasteiger partial charge on any atom is -0.481 e. The van der Waals surface area contributed by atoms with Crippen molar-refractivity contribution < 1.29 is 19.1 Å². The van der Waals surface area contributed by atoms with Crippen molar-refractivity contribution in [3.63, 3.8) is 0 Å². The highest BCUT2D eigenvalue weighted by atomic mass is 32.1. The predicted octanol–water partition coefficient (Wildman–Crippen LogP) is 2.16. The summed E-state index contributed by atoms with van der Waals surface area (Å²) in [6, 6.07) is 5.09. The number of thiazole rings is 1. The van der Waals surface area contributed by atoms with E-state index in [0.717, 1.165) is 11.3 Å². The average molecular weight is 280 g/mol. The molecular weight excluding hydrogens is 271 g/mol. The lowest BCUT2D eigenvalue weighted by molar-refractivity contribution is -0.136. The number of carbonyl (C=O) groups is 2. The van der Waals surface area contributed by atoms with Crippen LogP contribution in [-0.4, -0.2) is 22.0 Å². The lowest BCUT2D eigenvalue weighted by Crippen LogP contribution is -2.11. The number of rotatable bonds is 4. The Morgan fingerprint density at radius 3 is 2.63 bits per heavy atom. The van der Waals surface area contributed by atoms with Gasteiger partial charge in [-0.15, -0.1) is 11.3 Å². The Hall–Kier alpha value is -2.28. The van der Waals surface area contributed by atoms with Crippen molar-refractivity contribution >= 4 is 28.3 Å². The Morgan fingerprint density at radius 1 is 1.32 bits per heavy atom. The quantitative estimate of drug-likeness (QED) is 0.899. The molecule has 98 valence electrons. The second kappa shape index (κ2) is 5.57. The van der Waals surface area contributed by atoms with E-state index < -0.39 is 17.7 Å². The van der Waals surface area contributed by atoms with E-state index >= 15 is 0 Å². The summed E-state index contributed by atoms with van der Waals surface area (Å²) in [5.74, 6) is -1.83. The number of benzene rings is 1. The van der Waals surface area contributed by atoms with Gasteiger partial charge in [0.25, 0.3) is 5.91 Å². The number of carbonyl (C=O) groups excluding carboxylic acids is 1. The van der Waals surface area contributed by atoms with Crippen LogP contribution in [0.2, 0.25) is 0 Å². The van der Waals surface area contributed by atoms with Gasteiger partial charge >= 0.3 is 5.97 Å². The first kappa shape index (κ1) is 13.2. The summed E-state index contributed by atoms with van der Waals surface area (Å²) in [5.41, 5.74) is 0.684. The summed E-state index contributed by atoms with van der Waals surface area (Å²) in [5, 5.41) is 13.0. The van der Waals surface area contributed by atoms with Crippen LogP contribution < -0.4 is 5.32 Å². The maximum atomic E-state index is 12.7. The van der Waals surface area contributed by atoms with Gasteiger partial charge in [0.15, 0.2) is 5.13 Å². The zero-order valence-electron chi connectivity index (χ0n) is 9.59. The zero-order valence-corrected chi connectivity index (χ0v) is 10.4. The maximum absolute atomic E-state index is 12.7. The summed E-state index contributed by atoms with van der Waals surface area (Å²) in [7, 11) is 0. The van der Waals surface area contributed by atoms with Crippen LogP contribution in [0.15, 0.2) is 29.6 Å². The maximum Gasteiger partial charge on any atom is 0.309 e. The lowest BCUT2D eigenvalue weighted by Gasteiger charge is -2.01. The zero-order chi connectivity index (χ0) is 13.8. The van der Waals surface area contributed by atoms with Crippen LogP contribution in [0, 0.1) is 5.82 Å². The van der Waals surface area contributed by atoms with Gasteiger partial charge in [0.1, 0.15) is 5.82 Å². The molecule has 1 amide bonds. The standard InChI is InChI=1S/C12H9FN2O3S/c13-8-3-1-7(2-4-8)11(18)15-12-14-9(6-19-12)5-10(16)17/h1-4,6H,5H2,(H,16,17)(H,14,15,18). The molecule has 2 aromatic rings. The molecule has 0 saturated heterocycles. The molecule has 0 radical (unpaired) electrons. The topological polar surface area (TPSA) is 79.3 Å². The molecular formula is C12H9FN2O3S. The number of amides is 1. The highest BCUT2D eigenvalue weighted by Gasteiger charge is 2.10. The molecule has 1 aromatic carbocycles. The summed E-state index contributed by atoms with van der Waals surface area (Å²) >= 11 is 1.14. The number of aliphatic carboxylic acids is 1. The first-order valence-corrected chi connectivity index (χ1v) is 6.15. The highest BCUT2D eigenvalue weighted by Crippen LogP contribution is 2.17. The molecule has 2 rings (SSSR count). The minimum absolute atomic E-state index is 0.192. The van der Waals surface area contributed by atoms with Crippen molar-refractivity contribution in [2.24, 2.45) is 0 Å². The third-order valence-corrected chi connectivity index (χ3v) is 3.02. The van der Waals surface area contributed by atoms with Crippen molar-refractivity contribution in [1.29, 1.82) is 0 Å². The van der Waals surface area contributed by atoms with Crippen molar-refractivity contribution in [3.05, 3.63) is 46.7 Å². The van der Waals surface area contributed by atoms with Crippen molar-refractivity contribution in [2.45, 2.75) is 6.42 Å². The van der Waals surface area contributed by atoms with Crippen LogP contribution in [0.4, 0.5) is 9.52 Å². The fourth-order valence-corrected chi connectivity index (χ4v) is 2.08. The van der Waals surface area contributed by atoms with E-state index in [1.165, 1.54) is 24.3 Å². The molecule has 0 aliphatic heterocycles. The van der Waals surface area contributed by atoms with Gasteiger partial charge in [-0.3, -0.25) is 14.9 Å². The number of carboxylic acid groups (broad SMARTS) is 1. The Kier molecular flexibility index (Phi) is 3.86. The molecule has 0 fully saturated rings. The molecule has 19 heavy (non-hydrogen) atoms. The minimum atomic E-state index is -0.985. The van der Waals surface area contributed by atoms with Crippen LogP contribution >= 0.6 is 11.3 Å². The molecule has 2 N–H and O–H groups in total. The third kappa shape index (κ3) is 3.59. The molecule has 0 aliphatic carbocycles. The molecule has 7 heteroatoms. The van der Waals surface area contributed by atoms with Crippen molar-refractivity contribution in [3.8, 4) is 0 Å². The molecule has 0 saturated carbocycles. The van der Waals surface area contributed by atoms with Gasteiger partial charge in [-0.25, -0.2) is 9.37 Å². The van der Waals surface area contributed by atoms with E-state index in [4.69, 9.17) is 5.11 Å². The van der Waals surface area contributed by atoms with Crippen molar-refractivity contribution in [1.82, 2.24) is 4.98 Å². The number of aromatic nitrogens is 1. The molecule has 0 spiro atoms. The Labute approximate surface area is 111 Å². The van der Waals surface area contributed by atoms with Crippen molar-refractivity contribution in [2.75, 3.05) is 5.32 Å². The smallest absolute Gasteiger partial charge is 0.309 e. The Morgan fingerprint density at radius 2 is 2.00 bits per heavy atom. The Bertz CT molecular complexity index is 610. The van der Waals surface area contributed by atoms with Crippen LogP contribution in [0.1, 0.15) is 16.1 Å². The molecule has 0 aliphatic rings. The van der Waals surface area contributed by atoms with Crippen LogP contribution in [0.3, 0.4) is 0 Å². The van der Waals surface area contributed by atoms with Gasteiger partial charge in [-0.05, 0) is 24.3 Å². The predicted molar refractivity (Wildman–Crippen MR) is 67.8 cm³/mol. The molecule has 1 heterocycles. The number of anilines is 1. The van der Waals surface area contributed by atoms with E-state index in [1.807, 2.05) is 0 Å². The second-order valence-electron chi connectivity index (χ2n) is 3.68. The normalized spacial score (nSPS) is 10.2. The largest absolute Gasteiger partial charge is 0.481 e. The third-order valence-electron chi connectivity index (χ3n) is 2.21. The van der Waals surface area contributed by atoms with Gasteiger partial charge in [0.2, 0.25) is 0 Å². The molecule has 0 atom stereocenters. The molecule has 0 unspecified atom stereocenters. The van der Waals surface area contributed by atoms with E-state index in [0.29, 0.717) is 16.4 Å². The van der Waals surface area contributed by atoms with E-state index in [2.05, 4.69) is 10.3 Å². The first-order chi connectivity index (χ1) is 9.04. The SMILES string of the molecule is O=C(O)Cc1csc(NC(=O)c2ccc(F)cc2)n1. The monoisotopic (exact) mass is 280 g/mol. The fraction of sp³-hybridized carbons (Fsp3) is 0.0833. The van der Waals surface area contributed by atoms with Crippen LogP contribution in [0.25, 0.3) is 0 Å². The number of hydrogen-bond donors (Lipinski definition) is 2. The van der Waals surface area contributed by atoms with E-state index in [1.54, 1.807) is 5.38 Å². The number of hydrogen-bond acceptors (Lipinski definition) is 4. The van der Waals surface area contributed by atoms with E-state index in [9.17, 15) is 14.0 Å². The van der Waals surface area contributed by atoms with Gasteiger partial charge in [0, 0.05) is 10.9 Å². The molecule has 0 bridgehead atoms. The average Bonchev–Trinajstić information content (AvgIpc) is 2.76. The summed E-state index contributed by atoms with van der Waals surface area (Å²) in [6.07, 6.45) is -0.192. The van der Waals surface area contributed by atoms with Gasteiger partial charge in [-0.2, -0.15) is 0 Å². The Balaban J connectivity index is 2.04. The number of halogens is 1. The fourth-order valence-electron chi connectivity index (χ4n) is 1.37. The van der Waals surface area contributed by atoms with Gasteiger partial charge in [-0.1, -0.05) is 0 Å². The highest BCUT2D eigenvalue weighted by molar-refractivity contribution is 7.14. The second-order valence-corrected chi connectivity index (χ2v) is 4.53. The summed E-state index contributed by atoms with van der Waals surface area (Å²) < 4.78 is 12.7. The van der Waals surface area contributed by atoms with Crippen LogP contribution in [-0.2, 0) is 11.2 Å². The summed E-state index contributed by atoms with van der Waals surface area (Å²) in [6.45, 7) is 0.